The highest BCUT2D eigenvalue weighted by Gasteiger charge is 2.14. The average Bonchev–Trinajstić information content (AvgIpc) is 3.41. The van der Waals surface area contributed by atoms with Gasteiger partial charge in [0.1, 0.15) is 11.5 Å². The molecule has 0 bridgehead atoms. The Morgan fingerprint density at radius 3 is 1.86 bits per heavy atom. The maximum absolute atomic E-state index is 5.92. The molecule has 2 N–H and O–H groups in total. The van der Waals surface area contributed by atoms with Crippen molar-refractivity contribution < 1.29 is 9.47 Å². The number of methoxy groups -OCH3 is 2. The number of nitrogens with zero attached hydrogens (tertiary/aromatic N) is 2. The van der Waals surface area contributed by atoms with Gasteiger partial charge in [0.2, 0.25) is 0 Å². The van der Waals surface area contributed by atoms with Crippen molar-refractivity contribution in [3.63, 3.8) is 0 Å². The lowest BCUT2D eigenvalue weighted by Crippen LogP contribution is -1.86. The number of hydrogen-bond acceptors (Lipinski definition) is 7. The monoisotopic (exact) mass is 433 g/mol. The van der Waals surface area contributed by atoms with E-state index in [2.05, 4.69) is 9.97 Å². The summed E-state index contributed by atoms with van der Waals surface area (Å²) < 4.78 is 10.4. The van der Waals surface area contributed by atoms with Gasteiger partial charge in [0.15, 0.2) is 5.13 Å². The number of hydrogen-bond donors (Lipinski definition) is 1. The Kier molecular flexibility index (Phi) is 8.25. The zero-order chi connectivity index (χ0) is 19.1. The smallest absolute Gasteiger partial charge is 0.181 e. The van der Waals surface area contributed by atoms with Gasteiger partial charge in [-0.1, -0.05) is 11.3 Å². The van der Waals surface area contributed by atoms with Crippen LogP contribution in [0.25, 0.3) is 21.7 Å². The molecular weight excluding hydrogens is 414 g/mol. The highest BCUT2D eigenvalue weighted by atomic mass is 35.5. The van der Waals surface area contributed by atoms with Gasteiger partial charge in [0.25, 0.3) is 0 Å². The fourth-order valence-corrected chi connectivity index (χ4v) is 3.61. The molecule has 0 spiro atoms. The van der Waals surface area contributed by atoms with Gasteiger partial charge in [-0.3, -0.25) is 4.98 Å². The molecule has 0 saturated carbocycles. The molecule has 0 unspecified atom stereocenters. The number of rotatable bonds is 4. The van der Waals surface area contributed by atoms with E-state index in [0.717, 1.165) is 33.2 Å². The third-order valence-corrected chi connectivity index (χ3v) is 5.16. The summed E-state index contributed by atoms with van der Waals surface area (Å²) in [6, 6.07) is 15.7. The van der Waals surface area contributed by atoms with Crippen LogP contribution in [-0.4, -0.2) is 24.2 Å². The Hall–Kier alpha value is -2.61. The number of benzene rings is 2. The normalized spacial score (nSPS) is 9.64. The Morgan fingerprint density at radius 2 is 1.43 bits per heavy atom. The summed E-state index contributed by atoms with van der Waals surface area (Å²) in [5.41, 5.74) is 10.7. The van der Waals surface area contributed by atoms with E-state index in [0.29, 0.717) is 5.13 Å². The van der Waals surface area contributed by atoms with Crippen molar-refractivity contribution in [2.24, 2.45) is 0 Å². The second-order valence-corrected chi connectivity index (χ2v) is 7.15. The first-order valence-electron chi connectivity index (χ1n) is 8.08. The average molecular weight is 434 g/mol. The largest absolute Gasteiger partial charge is 0.497 e. The van der Waals surface area contributed by atoms with Crippen LogP contribution in [0.15, 0.2) is 65.6 Å². The predicted molar refractivity (Wildman–Crippen MR) is 120 cm³/mol. The first-order chi connectivity index (χ1) is 13.2. The van der Waals surface area contributed by atoms with Gasteiger partial charge in [0.05, 0.1) is 30.3 Å². The van der Waals surface area contributed by atoms with E-state index in [1.54, 1.807) is 37.3 Å². The molecule has 0 aliphatic heterocycles. The van der Waals surface area contributed by atoms with Crippen LogP contribution in [0.1, 0.15) is 0 Å². The predicted octanol–water partition coefficient (Wildman–Crippen LogP) is 5.64. The topological polar surface area (TPSA) is 70.3 Å². The second-order valence-electron chi connectivity index (χ2n) is 5.36. The van der Waals surface area contributed by atoms with E-state index in [-0.39, 0.29) is 12.4 Å². The van der Waals surface area contributed by atoms with E-state index >= 15 is 0 Å². The highest BCUT2D eigenvalue weighted by Crippen LogP contribution is 2.38. The molecule has 0 amide bonds. The van der Waals surface area contributed by atoms with Crippen LogP contribution < -0.4 is 15.2 Å². The molecule has 0 atom stereocenters. The Morgan fingerprint density at radius 1 is 0.857 bits per heavy atom. The van der Waals surface area contributed by atoms with Crippen molar-refractivity contribution in [2.75, 3.05) is 20.0 Å². The molecule has 2 aromatic heterocycles. The van der Waals surface area contributed by atoms with Crippen LogP contribution in [0.4, 0.5) is 5.13 Å². The third kappa shape index (κ3) is 5.45. The van der Waals surface area contributed by atoms with Gasteiger partial charge in [-0.05, 0) is 54.1 Å². The lowest BCUT2D eigenvalue weighted by molar-refractivity contribution is 0.414. The van der Waals surface area contributed by atoms with E-state index in [4.69, 9.17) is 15.2 Å². The minimum absolute atomic E-state index is 0. The first-order valence-corrected chi connectivity index (χ1v) is 9.84. The quantitative estimate of drug-likeness (QED) is 0.450. The van der Waals surface area contributed by atoms with Crippen molar-refractivity contribution in [1.29, 1.82) is 0 Å². The minimum Gasteiger partial charge on any atom is -0.497 e. The maximum atomic E-state index is 5.92. The molecule has 4 aromatic rings. The zero-order valence-electron chi connectivity index (χ0n) is 15.4. The summed E-state index contributed by atoms with van der Waals surface area (Å²) in [5.74, 6) is 1.64. The third-order valence-electron chi connectivity index (χ3n) is 3.71. The van der Waals surface area contributed by atoms with Crippen LogP contribution in [0.2, 0.25) is 0 Å². The van der Waals surface area contributed by atoms with Crippen LogP contribution in [0.5, 0.6) is 11.5 Å². The molecule has 4 rings (SSSR count). The lowest BCUT2D eigenvalue weighted by Gasteiger charge is -2.05. The molecule has 2 heterocycles. The summed E-state index contributed by atoms with van der Waals surface area (Å²) >= 11 is 3.08. The molecule has 0 aliphatic rings. The van der Waals surface area contributed by atoms with Crippen molar-refractivity contribution in [1.82, 2.24) is 9.97 Å². The van der Waals surface area contributed by atoms with E-state index in [1.165, 1.54) is 11.3 Å². The number of nitrogen functional groups attached to an aromatic ring is 1. The summed E-state index contributed by atoms with van der Waals surface area (Å²) in [4.78, 5) is 9.27. The molecule has 28 heavy (non-hydrogen) atoms. The summed E-state index contributed by atoms with van der Waals surface area (Å²) in [5, 5.41) is 2.48. The Bertz CT molecular complexity index is 874. The number of nitrogens with two attached hydrogens (primary N) is 1. The van der Waals surface area contributed by atoms with Crippen molar-refractivity contribution in [3.8, 4) is 33.2 Å². The van der Waals surface area contributed by atoms with Gasteiger partial charge in [-0.2, -0.15) is 0 Å². The fourth-order valence-electron chi connectivity index (χ4n) is 2.39. The Balaban J connectivity index is 0.000000408. The maximum Gasteiger partial charge on any atom is 0.181 e. The summed E-state index contributed by atoms with van der Waals surface area (Å²) in [7, 11) is 3.31. The zero-order valence-corrected chi connectivity index (χ0v) is 17.8. The molecule has 5 nitrogen and oxygen atoms in total. The molecule has 0 saturated heterocycles. The fraction of sp³-hybridized carbons (Fsp3) is 0.100. The van der Waals surface area contributed by atoms with Crippen LogP contribution in [-0.2, 0) is 0 Å². The number of thiazole rings is 2. The molecule has 2 aromatic carbocycles. The number of halogens is 1. The van der Waals surface area contributed by atoms with E-state index < -0.39 is 0 Å². The van der Waals surface area contributed by atoms with Gasteiger partial charge < -0.3 is 15.2 Å². The van der Waals surface area contributed by atoms with Crippen LogP contribution in [0.3, 0.4) is 0 Å². The first kappa shape index (κ1) is 21.7. The SMILES string of the molecule is COc1ccc(-c2nc(N)sc2-c2ccc(OC)cc2)cc1.Cl.c1cscn1. The molecule has 146 valence electrons. The number of anilines is 1. The van der Waals surface area contributed by atoms with Crippen molar-refractivity contribution in [2.45, 2.75) is 0 Å². The van der Waals surface area contributed by atoms with Crippen molar-refractivity contribution >= 4 is 40.2 Å². The van der Waals surface area contributed by atoms with E-state index in [1.807, 2.05) is 53.9 Å². The molecule has 8 heteroatoms. The van der Waals surface area contributed by atoms with Crippen LogP contribution >= 0.6 is 35.1 Å². The number of ether oxygens (including phenoxy) is 2. The number of aromatic nitrogens is 2. The summed E-state index contributed by atoms with van der Waals surface area (Å²) in [6.07, 6.45) is 1.77. The van der Waals surface area contributed by atoms with Gasteiger partial charge in [0, 0.05) is 17.1 Å². The molecule has 0 aliphatic carbocycles. The lowest BCUT2D eigenvalue weighted by atomic mass is 10.1. The van der Waals surface area contributed by atoms with Gasteiger partial charge in [-0.25, -0.2) is 4.98 Å². The van der Waals surface area contributed by atoms with Gasteiger partial charge >= 0.3 is 0 Å². The minimum atomic E-state index is 0. The summed E-state index contributed by atoms with van der Waals surface area (Å²) in [6.45, 7) is 0. The van der Waals surface area contributed by atoms with E-state index in [9.17, 15) is 0 Å². The molecule has 0 radical (unpaired) electrons. The standard InChI is InChI=1S/C17H16N2O2S.C3H3NS.ClH/c1-20-13-7-3-11(4-8-13)15-16(22-17(18)19-15)12-5-9-14(21-2)10-6-12;1-2-5-3-4-1;/h3-10H,1-2H3,(H2,18,19);1-3H;1H. The highest BCUT2D eigenvalue weighted by molar-refractivity contribution is 7.19. The molecular formula is C20H20ClN3O2S2. The van der Waals surface area contributed by atoms with Crippen molar-refractivity contribution in [3.05, 3.63) is 65.6 Å². The Labute approximate surface area is 178 Å². The molecule has 0 fully saturated rings. The van der Waals surface area contributed by atoms with Gasteiger partial charge in [-0.15, -0.1) is 23.7 Å². The second kappa shape index (κ2) is 10.7. The van der Waals surface area contributed by atoms with Crippen LogP contribution in [0, 0.1) is 0 Å².